The van der Waals surface area contributed by atoms with Crippen LogP contribution >= 0.6 is 0 Å². The number of primary amides is 1. The highest BCUT2D eigenvalue weighted by molar-refractivity contribution is 5.92. The highest BCUT2D eigenvalue weighted by Crippen LogP contribution is 2.27. The quantitative estimate of drug-likeness (QED) is 0.755. The Hall–Kier alpha value is -2.30. The highest BCUT2D eigenvalue weighted by Gasteiger charge is 2.13. The van der Waals surface area contributed by atoms with Crippen molar-refractivity contribution in [3.8, 4) is 5.69 Å². The number of benzene rings is 1. The van der Waals surface area contributed by atoms with Gasteiger partial charge in [-0.3, -0.25) is 9.36 Å². The third-order valence-corrected chi connectivity index (χ3v) is 5.23. The van der Waals surface area contributed by atoms with Crippen LogP contribution in [0.1, 0.15) is 67.4 Å². The zero-order valence-electron chi connectivity index (χ0n) is 14.7. The second-order valence-corrected chi connectivity index (χ2v) is 7.12. The molecule has 3 rings (SSSR count). The van der Waals surface area contributed by atoms with E-state index in [1.54, 1.807) is 28.8 Å². The standard InChI is InChI=1S/C20H27N3O2/c21-19(24)16-10-12-18(13-11-16)23-14-17(22-20(23)25)9-5-4-8-15-6-2-1-3-7-15/h10-15H,1-9H2,(H2,21,24)(H,22,25). The highest BCUT2D eigenvalue weighted by atomic mass is 16.1. The number of nitrogens with zero attached hydrogens (tertiary/aromatic N) is 1. The molecule has 0 saturated heterocycles. The number of hydrogen-bond acceptors (Lipinski definition) is 2. The van der Waals surface area contributed by atoms with E-state index in [1.807, 2.05) is 6.20 Å². The number of nitrogens with one attached hydrogen (secondary N) is 1. The molecule has 0 atom stereocenters. The van der Waals surface area contributed by atoms with Crippen molar-refractivity contribution in [3.63, 3.8) is 0 Å². The normalized spacial score (nSPS) is 15.4. The van der Waals surface area contributed by atoms with Crippen molar-refractivity contribution in [1.82, 2.24) is 9.55 Å². The number of imidazole rings is 1. The molecule has 1 aromatic heterocycles. The lowest BCUT2D eigenvalue weighted by molar-refractivity contribution is 0.100. The summed E-state index contributed by atoms with van der Waals surface area (Å²) in [6, 6.07) is 6.76. The van der Waals surface area contributed by atoms with Crippen LogP contribution < -0.4 is 11.4 Å². The van der Waals surface area contributed by atoms with Gasteiger partial charge in [-0.15, -0.1) is 0 Å². The summed E-state index contributed by atoms with van der Waals surface area (Å²) in [5, 5.41) is 0. The smallest absolute Gasteiger partial charge is 0.330 e. The van der Waals surface area contributed by atoms with Crippen LogP contribution in [0.15, 0.2) is 35.3 Å². The maximum absolute atomic E-state index is 12.2. The van der Waals surface area contributed by atoms with Crippen molar-refractivity contribution in [3.05, 3.63) is 52.2 Å². The summed E-state index contributed by atoms with van der Waals surface area (Å²) < 4.78 is 1.58. The molecule has 1 aliphatic rings. The van der Waals surface area contributed by atoms with Gasteiger partial charge in [-0.1, -0.05) is 44.9 Å². The second kappa shape index (κ2) is 8.19. The molecule has 1 heterocycles. The molecule has 1 aliphatic carbocycles. The number of carbonyl (C=O) groups is 1. The van der Waals surface area contributed by atoms with E-state index in [0.29, 0.717) is 5.56 Å². The second-order valence-electron chi connectivity index (χ2n) is 7.12. The maximum atomic E-state index is 12.2. The SMILES string of the molecule is NC(=O)c1ccc(-n2cc(CCCCC3CCCCC3)[nH]c2=O)cc1. The van der Waals surface area contributed by atoms with Crippen molar-refractivity contribution < 1.29 is 4.79 Å². The van der Waals surface area contributed by atoms with E-state index in [4.69, 9.17) is 5.73 Å². The largest absolute Gasteiger partial charge is 0.366 e. The summed E-state index contributed by atoms with van der Waals surface area (Å²) in [6.07, 6.45) is 13.4. The summed E-state index contributed by atoms with van der Waals surface area (Å²) in [4.78, 5) is 26.2. The van der Waals surface area contributed by atoms with Crippen molar-refractivity contribution in [2.45, 2.75) is 57.8 Å². The van der Waals surface area contributed by atoms with Crippen LogP contribution in [0, 0.1) is 5.92 Å². The minimum atomic E-state index is -0.466. The van der Waals surface area contributed by atoms with E-state index in [0.717, 1.165) is 30.1 Å². The molecule has 25 heavy (non-hydrogen) atoms. The Kier molecular flexibility index (Phi) is 5.74. The monoisotopic (exact) mass is 341 g/mol. The molecule has 3 N–H and O–H groups in total. The first-order chi connectivity index (χ1) is 12.1. The minimum absolute atomic E-state index is 0.144. The van der Waals surface area contributed by atoms with Crippen LogP contribution in [0.25, 0.3) is 5.69 Å². The molecule has 2 aromatic rings. The topological polar surface area (TPSA) is 80.9 Å². The third-order valence-electron chi connectivity index (χ3n) is 5.23. The zero-order chi connectivity index (χ0) is 17.6. The lowest BCUT2D eigenvalue weighted by Gasteiger charge is -2.21. The number of unbranched alkanes of at least 4 members (excludes halogenated alkanes) is 1. The zero-order valence-corrected chi connectivity index (χ0v) is 14.7. The van der Waals surface area contributed by atoms with Gasteiger partial charge in [-0.2, -0.15) is 0 Å². The van der Waals surface area contributed by atoms with Gasteiger partial charge in [0.15, 0.2) is 0 Å². The van der Waals surface area contributed by atoms with Gasteiger partial charge in [-0.05, 0) is 43.0 Å². The molecule has 0 unspecified atom stereocenters. The summed E-state index contributed by atoms with van der Waals surface area (Å²) in [6.45, 7) is 0. The summed E-state index contributed by atoms with van der Waals surface area (Å²) in [7, 11) is 0. The number of H-pyrrole nitrogens is 1. The van der Waals surface area contributed by atoms with Gasteiger partial charge >= 0.3 is 5.69 Å². The number of rotatable bonds is 7. The molecule has 134 valence electrons. The van der Waals surface area contributed by atoms with Crippen LogP contribution in [0.2, 0.25) is 0 Å². The summed E-state index contributed by atoms with van der Waals surface area (Å²) in [5.74, 6) is 0.452. The average Bonchev–Trinajstić information content (AvgIpc) is 3.00. The van der Waals surface area contributed by atoms with E-state index in [9.17, 15) is 9.59 Å². The fraction of sp³-hybridized carbons (Fsp3) is 0.500. The number of nitrogens with two attached hydrogens (primary N) is 1. The summed E-state index contributed by atoms with van der Waals surface area (Å²) in [5.41, 5.74) is 7.24. The third kappa shape index (κ3) is 4.62. The van der Waals surface area contributed by atoms with Gasteiger partial charge in [0.05, 0.1) is 5.69 Å². The van der Waals surface area contributed by atoms with Gasteiger partial charge in [0.2, 0.25) is 5.91 Å². The van der Waals surface area contributed by atoms with E-state index < -0.39 is 5.91 Å². The van der Waals surface area contributed by atoms with Gasteiger partial charge in [-0.25, -0.2) is 4.79 Å². The average molecular weight is 341 g/mol. The van der Waals surface area contributed by atoms with Crippen molar-refractivity contribution in [2.24, 2.45) is 11.7 Å². The van der Waals surface area contributed by atoms with Crippen LogP contribution in [0.4, 0.5) is 0 Å². The van der Waals surface area contributed by atoms with Crippen LogP contribution in [-0.4, -0.2) is 15.5 Å². The first-order valence-corrected chi connectivity index (χ1v) is 9.34. The predicted octanol–water partition coefficient (Wildman–Crippen LogP) is 3.56. The van der Waals surface area contributed by atoms with Crippen molar-refractivity contribution in [1.29, 1.82) is 0 Å². The Morgan fingerprint density at radius 3 is 2.52 bits per heavy atom. The molecule has 0 spiro atoms. The van der Waals surface area contributed by atoms with Crippen LogP contribution in [0.3, 0.4) is 0 Å². The first-order valence-electron chi connectivity index (χ1n) is 9.34. The summed E-state index contributed by atoms with van der Waals surface area (Å²) >= 11 is 0. The molecule has 1 amide bonds. The Morgan fingerprint density at radius 1 is 1.12 bits per heavy atom. The van der Waals surface area contributed by atoms with E-state index in [2.05, 4.69) is 4.98 Å². The molecule has 1 aromatic carbocycles. The Bertz CT molecular complexity index is 752. The fourth-order valence-corrected chi connectivity index (χ4v) is 3.77. The number of aryl methyl sites for hydroxylation is 1. The molecule has 0 radical (unpaired) electrons. The van der Waals surface area contributed by atoms with E-state index >= 15 is 0 Å². The van der Waals surface area contributed by atoms with E-state index in [1.165, 1.54) is 44.9 Å². The van der Waals surface area contributed by atoms with Crippen molar-refractivity contribution >= 4 is 5.91 Å². The van der Waals surface area contributed by atoms with Crippen LogP contribution in [-0.2, 0) is 6.42 Å². The molecule has 0 aliphatic heterocycles. The minimum Gasteiger partial charge on any atom is -0.366 e. The van der Waals surface area contributed by atoms with Crippen LogP contribution in [0.5, 0.6) is 0 Å². The number of aromatic nitrogens is 2. The maximum Gasteiger partial charge on any atom is 0.330 e. The molecular formula is C20H27N3O2. The molecule has 5 nitrogen and oxygen atoms in total. The lowest BCUT2D eigenvalue weighted by Crippen LogP contribution is -2.15. The number of amides is 1. The Labute approximate surface area is 148 Å². The molecule has 1 saturated carbocycles. The lowest BCUT2D eigenvalue weighted by atomic mass is 9.85. The van der Waals surface area contributed by atoms with Gasteiger partial charge in [0, 0.05) is 17.5 Å². The molecule has 0 bridgehead atoms. The van der Waals surface area contributed by atoms with Gasteiger partial charge in [0.25, 0.3) is 0 Å². The molecule has 1 fully saturated rings. The predicted molar refractivity (Wildman–Crippen MR) is 99.0 cm³/mol. The molecule has 5 heteroatoms. The number of aromatic amines is 1. The molecular weight excluding hydrogens is 314 g/mol. The van der Waals surface area contributed by atoms with E-state index in [-0.39, 0.29) is 5.69 Å². The van der Waals surface area contributed by atoms with Gasteiger partial charge < -0.3 is 10.7 Å². The number of carbonyl (C=O) groups excluding carboxylic acids is 1. The first kappa shape index (κ1) is 17.5. The fourth-order valence-electron chi connectivity index (χ4n) is 3.77. The van der Waals surface area contributed by atoms with Gasteiger partial charge in [0.1, 0.15) is 0 Å². The Morgan fingerprint density at radius 2 is 1.84 bits per heavy atom. The number of hydrogen-bond donors (Lipinski definition) is 2. The Balaban J connectivity index is 1.54. The van der Waals surface area contributed by atoms with Crippen molar-refractivity contribution in [2.75, 3.05) is 0 Å².